The van der Waals surface area contributed by atoms with Crippen LogP contribution in [0.2, 0.25) is 0 Å². The number of aryl methyl sites for hydroxylation is 1. The van der Waals surface area contributed by atoms with Crippen LogP contribution >= 0.6 is 0 Å². The van der Waals surface area contributed by atoms with Crippen LogP contribution in [0.15, 0.2) is 83.9 Å². The summed E-state index contributed by atoms with van der Waals surface area (Å²) in [6.45, 7) is 2.07. The summed E-state index contributed by atoms with van der Waals surface area (Å²) < 4.78 is 33.4. The molecule has 0 fully saturated rings. The highest BCUT2D eigenvalue weighted by atomic mass is 32.2. The molecular weight excluding hydrogens is 452 g/mol. The van der Waals surface area contributed by atoms with Crippen LogP contribution in [-0.4, -0.2) is 31.6 Å². The molecule has 3 aromatic carbocycles. The predicted molar refractivity (Wildman–Crippen MR) is 130 cm³/mol. The first-order valence-electron chi connectivity index (χ1n) is 10.5. The van der Waals surface area contributed by atoms with Gasteiger partial charge in [-0.05, 0) is 66.1 Å². The standard InChI is InChI=1S/C25H24N4O4S/c1-17-3-12-22(34(31,32)29-20-8-10-21(33-2)11-9-20)15-23(17)25(30)26-16-18-4-6-19(7-5-18)24-13-14-27-28-24/h3-15,29H,16H2,1-2H3,(H,26,30)(H,27,28). The van der Waals surface area contributed by atoms with Crippen LogP contribution in [0.4, 0.5) is 5.69 Å². The molecule has 1 amide bonds. The Morgan fingerprint density at radius 1 is 1.00 bits per heavy atom. The van der Waals surface area contributed by atoms with E-state index in [1.807, 2.05) is 30.3 Å². The number of sulfonamides is 1. The number of amides is 1. The van der Waals surface area contributed by atoms with E-state index in [0.717, 1.165) is 16.8 Å². The van der Waals surface area contributed by atoms with Gasteiger partial charge in [0.1, 0.15) is 5.75 Å². The summed E-state index contributed by atoms with van der Waals surface area (Å²) in [6, 6.07) is 20.6. The molecule has 3 N–H and O–H groups in total. The van der Waals surface area contributed by atoms with E-state index in [0.29, 0.717) is 29.1 Å². The monoisotopic (exact) mass is 476 g/mol. The van der Waals surface area contributed by atoms with Crippen LogP contribution in [0.5, 0.6) is 5.75 Å². The van der Waals surface area contributed by atoms with Gasteiger partial charge in [0.2, 0.25) is 0 Å². The summed E-state index contributed by atoms with van der Waals surface area (Å²) in [5.74, 6) is 0.268. The van der Waals surface area contributed by atoms with Gasteiger partial charge in [0.05, 0.1) is 17.7 Å². The number of benzene rings is 3. The average molecular weight is 477 g/mol. The van der Waals surface area contributed by atoms with Crippen molar-refractivity contribution in [1.29, 1.82) is 0 Å². The van der Waals surface area contributed by atoms with Gasteiger partial charge in [-0.15, -0.1) is 0 Å². The molecular formula is C25H24N4O4S. The molecule has 0 bridgehead atoms. The Morgan fingerprint density at radius 3 is 2.38 bits per heavy atom. The van der Waals surface area contributed by atoms with E-state index in [2.05, 4.69) is 20.2 Å². The Kier molecular flexibility index (Phi) is 6.65. The van der Waals surface area contributed by atoms with Crippen molar-refractivity contribution in [1.82, 2.24) is 15.5 Å². The van der Waals surface area contributed by atoms with Crippen LogP contribution < -0.4 is 14.8 Å². The molecule has 0 spiro atoms. The number of aromatic nitrogens is 2. The van der Waals surface area contributed by atoms with Crippen LogP contribution in [0.1, 0.15) is 21.5 Å². The van der Waals surface area contributed by atoms with Crippen molar-refractivity contribution >= 4 is 21.6 Å². The minimum atomic E-state index is -3.88. The van der Waals surface area contributed by atoms with E-state index < -0.39 is 10.0 Å². The molecule has 9 heteroatoms. The topological polar surface area (TPSA) is 113 Å². The van der Waals surface area contributed by atoms with Crippen molar-refractivity contribution < 1.29 is 17.9 Å². The molecule has 0 atom stereocenters. The lowest BCUT2D eigenvalue weighted by Crippen LogP contribution is -2.24. The Hall–Kier alpha value is -4.11. The molecule has 8 nitrogen and oxygen atoms in total. The maximum absolute atomic E-state index is 12.9. The fraction of sp³-hybridized carbons (Fsp3) is 0.120. The second-order valence-electron chi connectivity index (χ2n) is 7.66. The number of rotatable bonds is 8. The Bertz CT molecular complexity index is 1380. The smallest absolute Gasteiger partial charge is 0.261 e. The van der Waals surface area contributed by atoms with Crippen LogP contribution in [0.25, 0.3) is 11.3 Å². The molecule has 34 heavy (non-hydrogen) atoms. The number of carbonyl (C=O) groups is 1. The minimum Gasteiger partial charge on any atom is -0.497 e. The van der Waals surface area contributed by atoms with E-state index in [-0.39, 0.29) is 10.8 Å². The first-order valence-corrected chi connectivity index (χ1v) is 12.0. The molecule has 1 heterocycles. The van der Waals surface area contributed by atoms with E-state index in [1.54, 1.807) is 43.5 Å². The first kappa shape index (κ1) is 23.1. The lowest BCUT2D eigenvalue weighted by atomic mass is 10.1. The van der Waals surface area contributed by atoms with Gasteiger partial charge in [-0.3, -0.25) is 14.6 Å². The zero-order valence-corrected chi connectivity index (χ0v) is 19.5. The molecule has 4 rings (SSSR count). The number of hydrogen-bond acceptors (Lipinski definition) is 5. The summed E-state index contributed by atoms with van der Waals surface area (Å²) in [5.41, 5.74) is 4.19. The molecule has 0 radical (unpaired) electrons. The summed E-state index contributed by atoms with van der Waals surface area (Å²) in [6.07, 6.45) is 1.69. The molecule has 0 aliphatic carbocycles. The number of ether oxygens (including phenoxy) is 1. The second-order valence-corrected chi connectivity index (χ2v) is 9.34. The maximum Gasteiger partial charge on any atom is 0.261 e. The number of methoxy groups -OCH3 is 1. The maximum atomic E-state index is 12.9. The van der Waals surface area contributed by atoms with E-state index >= 15 is 0 Å². The average Bonchev–Trinajstić information content (AvgIpc) is 3.38. The number of nitrogens with zero attached hydrogens (tertiary/aromatic N) is 1. The van der Waals surface area contributed by atoms with Crippen molar-refractivity contribution in [2.24, 2.45) is 0 Å². The molecule has 0 aliphatic heterocycles. The number of nitrogens with one attached hydrogen (secondary N) is 3. The summed E-state index contributed by atoms with van der Waals surface area (Å²) in [7, 11) is -2.34. The molecule has 0 aliphatic rings. The fourth-order valence-corrected chi connectivity index (χ4v) is 4.47. The normalized spacial score (nSPS) is 11.1. The highest BCUT2D eigenvalue weighted by molar-refractivity contribution is 7.92. The van der Waals surface area contributed by atoms with Gasteiger partial charge in [0.25, 0.3) is 15.9 Å². The van der Waals surface area contributed by atoms with E-state index in [9.17, 15) is 13.2 Å². The van der Waals surface area contributed by atoms with Crippen molar-refractivity contribution in [3.05, 3.63) is 95.7 Å². The van der Waals surface area contributed by atoms with Gasteiger partial charge in [0, 0.05) is 24.0 Å². The summed E-state index contributed by atoms with van der Waals surface area (Å²) in [5, 5.41) is 9.71. The van der Waals surface area contributed by atoms with Crippen molar-refractivity contribution in [3.63, 3.8) is 0 Å². The van der Waals surface area contributed by atoms with E-state index in [4.69, 9.17) is 4.74 Å². The zero-order chi connectivity index (χ0) is 24.1. The third-order valence-electron chi connectivity index (χ3n) is 5.32. The number of H-pyrrole nitrogens is 1. The van der Waals surface area contributed by atoms with Crippen LogP contribution in [0.3, 0.4) is 0 Å². The van der Waals surface area contributed by atoms with Gasteiger partial charge < -0.3 is 10.1 Å². The third kappa shape index (κ3) is 5.26. The van der Waals surface area contributed by atoms with Gasteiger partial charge in [-0.25, -0.2) is 8.42 Å². The molecule has 0 unspecified atom stereocenters. The highest BCUT2D eigenvalue weighted by Gasteiger charge is 2.18. The fourth-order valence-electron chi connectivity index (χ4n) is 3.38. The van der Waals surface area contributed by atoms with Gasteiger partial charge in [0.15, 0.2) is 0 Å². The van der Waals surface area contributed by atoms with Gasteiger partial charge in [-0.2, -0.15) is 5.10 Å². The molecule has 0 saturated heterocycles. The lowest BCUT2D eigenvalue weighted by Gasteiger charge is -2.12. The number of hydrogen-bond donors (Lipinski definition) is 3. The van der Waals surface area contributed by atoms with Crippen molar-refractivity contribution in [2.75, 3.05) is 11.8 Å². The Balaban J connectivity index is 1.45. The largest absolute Gasteiger partial charge is 0.497 e. The lowest BCUT2D eigenvalue weighted by molar-refractivity contribution is 0.0950. The number of carbonyl (C=O) groups excluding carboxylic acids is 1. The summed E-state index contributed by atoms with van der Waals surface area (Å²) in [4.78, 5) is 12.8. The molecule has 1 aromatic heterocycles. The highest BCUT2D eigenvalue weighted by Crippen LogP contribution is 2.22. The quantitative estimate of drug-likeness (QED) is 0.354. The SMILES string of the molecule is COc1ccc(NS(=O)(=O)c2ccc(C)c(C(=O)NCc3ccc(-c4ccn[nH]4)cc3)c2)cc1. The molecule has 174 valence electrons. The van der Waals surface area contributed by atoms with Crippen LogP contribution in [-0.2, 0) is 16.6 Å². The van der Waals surface area contributed by atoms with Crippen molar-refractivity contribution in [2.45, 2.75) is 18.4 Å². The third-order valence-corrected chi connectivity index (χ3v) is 6.70. The first-order chi connectivity index (χ1) is 16.4. The number of aromatic amines is 1. The second kappa shape index (κ2) is 9.80. The molecule has 0 saturated carbocycles. The van der Waals surface area contributed by atoms with E-state index in [1.165, 1.54) is 19.2 Å². The predicted octanol–water partition coefficient (Wildman–Crippen LogP) is 4.12. The zero-order valence-electron chi connectivity index (χ0n) is 18.7. The Morgan fingerprint density at radius 2 is 1.74 bits per heavy atom. The van der Waals surface area contributed by atoms with Crippen molar-refractivity contribution in [3.8, 4) is 17.0 Å². The number of anilines is 1. The minimum absolute atomic E-state index is 0.00276. The molecule has 4 aromatic rings. The van der Waals surface area contributed by atoms with Gasteiger partial charge >= 0.3 is 0 Å². The van der Waals surface area contributed by atoms with Gasteiger partial charge in [-0.1, -0.05) is 30.3 Å². The summed E-state index contributed by atoms with van der Waals surface area (Å²) >= 11 is 0. The Labute approximate surface area is 198 Å². The van der Waals surface area contributed by atoms with Crippen LogP contribution in [0, 0.1) is 6.92 Å².